The minimum Gasteiger partial charge on any atom is -0.477 e. The molecule has 0 bridgehead atoms. The third-order valence-electron chi connectivity index (χ3n) is 6.47. The Kier molecular flexibility index (Phi) is 8.04. The normalized spacial score (nSPS) is 17.5. The summed E-state index contributed by atoms with van der Waals surface area (Å²) in [4.78, 5) is 19.5. The first-order chi connectivity index (χ1) is 17.2. The summed E-state index contributed by atoms with van der Waals surface area (Å²) in [6.07, 6.45) is -0.870. The Morgan fingerprint density at radius 2 is 1.92 bits per heavy atom. The standard InChI is InChI=1S/C24H29F3N4O4S/c25-24(26,27)10-14-35-21-3-1-2-20(28-21)29-22(33)18-5-4-17(30-36(34)15-13-32)16-19(18)31-11-8-23(6-7-23)9-12-31/h1-5,16,30,32H,6-15H2,(H,28,29,33). The van der Waals surface area contributed by atoms with Crippen LogP contribution in [0.3, 0.4) is 0 Å². The predicted molar refractivity (Wildman–Crippen MR) is 132 cm³/mol. The van der Waals surface area contributed by atoms with Crippen molar-refractivity contribution in [1.29, 1.82) is 0 Å². The van der Waals surface area contributed by atoms with Crippen molar-refractivity contribution >= 4 is 34.1 Å². The maximum Gasteiger partial charge on any atom is 0.392 e. The first-order valence-corrected chi connectivity index (χ1v) is 13.1. The Labute approximate surface area is 209 Å². The van der Waals surface area contributed by atoms with Gasteiger partial charge >= 0.3 is 6.18 Å². The number of rotatable bonds is 10. The van der Waals surface area contributed by atoms with Crippen LogP contribution in [0.1, 0.15) is 42.5 Å². The molecule has 1 unspecified atom stereocenters. The number of nitrogens with one attached hydrogen (secondary N) is 2. The Bertz CT molecular complexity index is 1100. The number of pyridine rings is 1. The van der Waals surface area contributed by atoms with E-state index >= 15 is 0 Å². The average molecular weight is 527 g/mol. The number of halogens is 3. The van der Waals surface area contributed by atoms with E-state index in [-0.39, 0.29) is 24.1 Å². The molecule has 1 atom stereocenters. The minimum atomic E-state index is -4.33. The number of hydrogen-bond donors (Lipinski definition) is 3. The van der Waals surface area contributed by atoms with E-state index < -0.39 is 36.1 Å². The van der Waals surface area contributed by atoms with E-state index in [1.165, 1.54) is 31.0 Å². The molecular formula is C24H29F3N4O4S. The fraction of sp³-hybridized carbons (Fsp3) is 0.500. The molecule has 2 aromatic rings. The van der Waals surface area contributed by atoms with Crippen molar-refractivity contribution in [3.63, 3.8) is 0 Å². The quantitative estimate of drug-likeness (QED) is 0.431. The van der Waals surface area contributed by atoms with Crippen LogP contribution in [-0.2, 0) is 11.0 Å². The van der Waals surface area contributed by atoms with Gasteiger partial charge in [0.25, 0.3) is 5.91 Å². The number of carbonyl (C=O) groups excluding carboxylic acids is 1. The summed E-state index contributed by atoms with van der Waals surface area (Å²) in [6.45, 7) is 0.808. The third-order valence-corrected chi connectivity index (χ3v) is 7.49. The summed E-state index contributed by atoms with van der Waals surface area (Å²) < 4.78 is 57.1. The lowest BCUT2D eigenvalue weighted by Crippen LogP contribution is -2.35. The molecule has 1 aromatic carbocycles. The summed E-state index contributed by atoms with van der Waals surface area (Å²) in [6, 6.07) is 9.54. The molecule has 2 aliphatic rings. The highest BCUT2D eigenvalue weighted by Crippen LogP contribution is 2.54. The van der Waals surface area contributed by atoms with Gasteiger partial charge in [-0.1, -0.05) is 6.07 Å². The molecule has 2 heterocycles. The molecule has 1 aliphatic heterocycles. The zero-order valence-electron chi connectivity index (χ0n) is 19.6. The maximum absolute atomic E-state index is 13.2. The van der Waals surface area contributed by atoms with Gasteiger partial charge in [0, 0.05) is 24.8 Å². The van der Waals surface area contributed by atoms with Crippen molar-refractivity contribution in [2.24, 2.45) is 5.41 Å². The molecule has 12 heteroatoms. The highest BCUT2D eigenvalue weighted by molar-refractivity contribution is 7.86. The number of alkyl halides is 3. The number of amides is 1. The van der Waals surface area contributed by atoms with E-state index in [1.807, 2.05) is 0 Å². The number of ether oxygens (including phenoxy) is 1. The fourth-order valence-corrected chi connectivity index (χ4v) is 4.89. The van der Waals surface area contributed by atoms with Crippen LogP contribution in [0.2, 0.25) is 0 Å². The summed E-state index contributed by atoms with van der Waals surface area (Å²) >= 11 is 0. The van der Waals surface area contributed by atoms with Crippen LogP contribution in [0.4, 0.5) is 30.4 Å². The van der Waals surface area contributed by atoms with Gasteiger partial charge in [0.2, 0.25) is 5.88 Å². The van der Waals surface area contributed by atoms with Crippen LogP contribution in [-0.4, -0.2) is 58.4 Å². The van der Waals surface area contributed by atoms with Gasteiger partial charge in [-0.3, -0.25) is 4.79 Å². The molecule has 1 aromatic heterocycles. The van der Waals surface area contributed by atoms with Crippen molar-refractivity contribution in [3.05, 3.63) is 42.0 Å². The summed E-state index contributed by atoms with van der Waals surface area (Å²) in [7, 11) is -1.46. The average Bonchev–Trinajstić information content (AvgIpc) is 3.58. The predicted octanol–water partition coefficient (Wildman–Crippen LogP) is 4.11. The molecule has 3 N–H and O–H groups in total. The van der Waals surface area contributed by atoms with Gasteiger partial charge < -0.3 is 24.8 Å². The van der Waals surface area contributed by atoms with Crippen molar-refractivity contribution in [2.45, 2.75) is 38.3 Å². The van der Waals surface area contributed by atoms with Gasteiger partial charge in [-0.15, -0.1) is 0 Å². The molecule has 1 spiro atoms. The van der Waals surface area contributed by atoms with Gasteiger partial charge in [-0.2, -0.15) is 18.2 Å². The van der Waals surface area contributed by atoms with Crippen LogP contribution in [0, 0.1) is 5.41 Å². The Hall–Kier alpha value is -2.86. The Morgan fingerprint density at radius 3 is 2.58 bits per heavy atom. The van der Waals surface area contributed by atoms with Crippen molar-refractivity contribution in [1.82, 2.24) is 4.98 Å². The number of nitrogens with zero attached hydrogens (tertiary/aromatic N) is 2. The second kappa shape index (κ2) is 11.0. The zero-order valence-corrected chi connectivity index (χ0v) is 20.5. The number of aliphatic hydroxyl groups is 1. The smallest absolute Gasteiger partial charge is 0.392 e. The van der Waals surface area contributed by atoms with Gasteiger partial charge in [0.15, 0.2) is 0 Å². The van der Waals surface area contributed by atoms with Crippen molar-refractivity contribution < 1.29 is 32.0 Å². The number of carbonyl (C=O) groups is 1. The van der Waals surface area contributed by atoms with Crippen molar-refractivity contribution in [2.75, 3.05) is 47.0 Å². The van der Waals surface area contributed by atoms with E-state index in [1.54, 1.807) is 18.2 Å². The topological polar surface area (TPSA) is 104 Å². The molecule has 0 radical (unpaired) electrons. The minimum absolute atomic E-state index is 0.0195. The molecule has 4 rings (SSSR count). The fourth-order valence-electron chi connectivity index (χ4n) is 4.23. The van der Waals surface area contributed by atoms with E-state index in [9.17, 15) is 22.2 Å². The van der Waals surface area contributed by atoms with Crippen molar-refractivity contribution in [3.8, 4) is 5.88 Å². The largest absolute Gasteiger partial charge is 0.477 e. The van der Waals surface area contributed by atoms with Crippen LogP contribution >= 0.6 is 0 Å². The first kappa shape index (κ1) is 26.2. The molecule has 196 valence electrons. The number of anilines is 3. The van der Waals surface area contributed by atoms with Gasteiger partial charge in [0.05, 0.1) is 36.6 Å². The van der Waals surface area contributed by atoms with E-state index in [4.69, 9.17) is 9.84 Å². The summed E-state index contributed by atoms with van der Waals surface area (Å²) in [5, 5.41) is 11.7. The molecule has 8 nitrogen and oxygen atoms in total. The molecule has 2 fully saturated rings. The third kappa shape index (κ3) is 7.10. The lowest BCUT2D eigenvalue weighted by atomic mass is 9.93. The molecule has 1 aliphatic carbocycles. The van der Waals surface area contributed by atoms with E-state index in [2.05, 4.69) is 19.9 Å². The van der Waals surface area contributed by atoms with Crippen LogP contribution in [0.5, 0.6) is 5.88 Å². The second-order valence-electron chi connectivity index (χ2n) is 9.12. The lowest BCUT2D eigenvalue weighted by molar-refractivity contribution is -0.139. The van der Waals surface area contributed by atoms with Crippen LogP contribution < -0.4 is 19.7 Å². The Morgan fingerprint density at radius 1 is 1.17 bits per heavy atom. The number of hydrogen-bond acceptors (Lipinski definition) is 6. The highest BCUT2D eigenvalue weighted by atomic mass is 32.2. The monoisotopic (exact) mass is 526 g/mol. The van der Waals surface area contributed by atoms with E-state index in [0.717, 1.165) is 25.9 Å². The second-order valence-corrected chi connectivity index (χ2v) is 10.4. The van der Waals surface area contributed by atoms with Crippen LogP contribution in [0.15, 0.2) is 36.4 Å². The van der Waals surface area contributed by atoms with Gasteiger partial charge in [0.1, 0.15) is 16.8 Å². The molecular weight excluding hydrogens is 497 g/mol. The highest BCUT2D eigenvalue weighted by Gasteiger charge is 2.44. The number of aliphatic hydroxyl groups excluding tert-OH is 1. The zero-order chi connectivity index (χ0) is 25.8. The number of aromatic nitrogens is 1. The van der Waals surface area contributed by atoms with Gasteiger partial charge in [-0.05, 0) is 55.4 Å². The van der Waals surface area contributed by atoms with Gasteiger partial charge in [-0.25, -0.2) is 4.21 Å². The number of piperidine rings is 1. The number of benzene rings is 1. The molecule has 36 heavy (non-hydrogen) atoms. The van der Waals surface area contributed by atoms with E-state index in [0.29, 0.717) is 22.4 Å². The SMILES string of the molecule is O=C(Nc1cccc(OCCC(F)(F)F)n1)c1ccc(NS(=O)CCO)cc1N1CCC2(CC1)CC2. The summed E-state index contributed by atoms with van der Waals surface area (Å²) in [5.41, 5.74) is 2.09. The molecule has 1 saturated heterocycles. The first-order valence-electron chi connectivity index (χ1n) is 11.8. The lowest BCUT2D eigenvalue weighted by Gasteiger charge is -2.35. The van der Waals surface area contributed by atoms with Crippen LogP contribution in [0.25, 0.3) is 0 Å². The Balaban J connectivity index is 1.50. The summed E-state index contributed by atoms with van der Waals surface area (Å²) in [5.74, 6) is -0.220. The maximum atomic E-state index is 13.2. The molecule has 1 saturated carbocycles. The molecule has 1 amide bonds.